The van der Waals surface area contributed by atoms with Gasteiger partial charge in [0.1, 0.15) is 5.75 Å². The fraction of sp³-hybridized carbons (Fsp3) is 0.200. The van der Waals surface area contributed by atoms with E-state index in [0.29, 0.717) is 11.4 Å². The van der Waals surface area contributed by atoms with Crippen LogP contribution in [0.1, 0.15) is 6.42 Å². The molecular formula is C20H20NO3-. The summed E-state index contributed by atoms with van der Waals surface area (Å²) >= 11 is 0. The molecule has 1 atom stereocenters. The van der Waals surface area contributed by atoms with Crippen LogP contribution in [0.25, 0.3) is 11.1 Å². The topological polar surface area (TPSA) is 44.8 Å². The maximum atomic E-state index is 12.5. The molecule has 0 bridgehead atoms. The van der Waals surface area contributed by atoms with Gasteiger partial charge in [0.15, 0.2) is 0 Å². The van der Waals surface area contributed by atoms with Gasteiger partial charge in [-0.25, -0.2) is 0 Å². The van der Waals surface area contributed by atoms with Crippen molar-refractivity contribution in [3.8, 4) is 16.9 Å². The van der Waals surface area contributed by atoms with Crippen LogP contribution < -0.4 is 9.80 Å². The predicted octanol–water partition coefficient (Wildman–Crippen LogP) is 4.53. The van der Waals surface area contributed by atoms with E-state index in [4.69, 9.17) is 9.47 Å². The van der Waals surface area contributed by atoms with E-state index in [1.165, 1.54) is 0 Å². The van der Waals surface area contributed by atoms with Gasteiger partial charge in [0.2, 0.25) is 0 Å². The van der Waals surface area contributed by atoms with Crippen molar-refractivity contribution in [2.75, 3.05) is 19.3 Å². The molecular weight excluding hydrogens is 302 g/mol. The van der Waals surface area contributed by atoms with Gasteiger partial charge in [0.05, 0.1) is 13.2 Å². The van der Waals surface area contributed by atoms with Crippen molar-refractivity contribution in [1.82, 2.24) is 0 Å². The molecule has 4 heteroatoms. The van der Waals surface area contributed by atoms with Gasteiger partial charge in [-0.1, -0.05) is 30.3 Å². The summed E-state index contributed by atoms with van der Waals surface area (Å²) in [6, 6.07) is 15.4. The molecule has 24 heavy (non-hydrogen) atoms. The molecule has 1 aliphatic rings. The van der Waals surface area contributed by atoms with Crippen LogP contribution in [0.4, 0.5) is 5.69 Å². The lowest BCUT2D eigenvalue weighted by Crippen LogP contribution is -2.18. The fourth-order valence-electron chi connectivity index (χ4n) is 2.66. The third-order valence-electron chi connectivity index (χ3n) is 4.08. The summed E-state index contributed by atoms with van der Waals surface area (Å²) < 4.78 is 10.5. The van der Waals surface area contributed by atoms with Crippen molar-refractivity contribution in [3.05, 3.63) is 77.7 Å². The third-order valence-corrected chi connectivity index (χ3v) is 4.08. The second-order valence-electron chi connectivity index (χ2n) is 5.57. The molecule has 0 aromatic heterocycles. The summed E-state index contributed by atoms with van der Waals surface area (Å²) in [4.78, 5) is 0. The van der Waals surface area contributed by atoms with E-state index >= 15 is 0 Å². The van der Waals surface area contributed by atoms with Crippen molar-refractivity contribution in [2.24, 2.45) is 0 Å². The van der Waals surface area contributed by atoms with Crippen LogP contribution >= 0.6 is 0 Å². The summed E-state index contributed by atoms with van der Waals surface area (Å²) in [7, 11) is 3.30. The number of rotatable bonds is 5. The number of benzene rings is 2. The van der Waals surface area contributed by atoms with Gasteiger partial charge in [-0.15, -0.1) is 0 Å². The molecule has 0 spiro atoms. The summed E-state index contributed by atoms with van der Waals surface area (Å²) in [5.74, 6) is 0.824. The highest BCUT2D eigenvalue weighted by atomic mass is 16.5. The van der Waals surface area contributed by atoms with Gasteiger partial charge in [-0.3, -0.25) is 0 Å². The number of hydrogen-bond acceptors (Lipinski definition) is 4. The van der Waals surface area contributed by atoms with E-state index in [1.54, 1.807) is 14.2 Å². The molecule has 0 aliphatic heterocycles. The summed E-state index contributed by atoms with van der Waals surface area (Å²) in [5, 5.41) is 13.4. The zero-order valence-electron chi connectivity index (χ0n) is 13.8. The smallest absolute Gasteiger partial charge is 0.118 e. The molecule has 0 saturated heterocycles. The Morgan fingerprint density at radius 1 is 0.958 bits per heavy atom. The average Bonchev–Trinajstić information content (AvgIpc) is 2.67. The Balaban J connectivity index is 1.78. The van der Waals surface area contributed by atoms with E-state index < -0.39 is 0 Å². The number of methoxy groups -OCH3 is 2. The zero-order valence-corrected chi connectivity index (χ0v) is 13.8. The lowest BCUT2D eigenvalue weighted by molar-refractivity contribution is 0.142. The molecule has 3 rings (SSSR count). The largest absolute Gasteiger partial charge is 0.754 e. The normalized spacial score (nSPS) is 16.6. The van der Waals surface area contributed by atoms with Gasteiger partial charge < -0.3 is 19.7 Å². The zero-order chi connectivity index (χ0) is 16.9. The highest BCUT2D eigenvalue weighted by Crippen LogP contribution is 2.27. The number of nitrogens with zero attached hydrogens (tertiary/aromatic N) is 1. The quantitative estimate of drug-likeness (QED) is 0.759. The number of ether oxygens (including phenoxy) is 2. The van der Waals surface area contributed by atoms with Crippen LogP contribution in [0.2, 0.25) is 0 Å². The number of allylic oxidation sites excluding steroid dienone is 1. The first-order valence-electron chi connectivity index (χ1n) is 7.84. The summed E-state index contributed by atoms with van der Waals surface area (Å²) in [5.41, 5.74) is 3.33. The van der Waals surface area contributed by atoms with Gasteiger partial charge >= 0.3 is 0 Å². The van der Waals surface area contributed by atoms with E-state index in [1.807, 2.05) is 66.8 Å². The fourth-order valence-corrected chi connectivity index (χ4v) is 2.66. The van der Waals surface area contributed by atoms with Crippen LogP contribution in [-0.4, -0.2) is 20.3 Å². The first-order chi connectivity index (χ1) is 11.7. The molecule has 124 valence electrons. The molecule has 0 heterocycles. The lowest BCUT2D eigenvalue weighted by Gasteiger charge is -2.34. The second kappa shape index (κ2) is 7.34. The average molecular weight is 322 g/mol. The molecule has 2 aromatic carbocycles. The van der Waals surface area contributed by atoms with Crippen LogP contribution in [0.3, 0.4) is 0 Å². The second-order valence-corrected chi connectivity index (χ2v) is 5.57. The van der Waals surface area contributed by atoms with Gasteiger partial charge in [0.25, 0.3) is 0 Å². The Hall–Kier alpha value is -2.56. The molecule has 1 unspecified atom stereocenters. The van der Waals surface area contributed by atoms with Crippen molar-refractivity contribution in [1.29, 1.82) is 0 Å². The first kappa shape index (κ1) is 16.3. The molecule has 0 fully saturated rings. The minimum Gasteiger partial charge on any atom is -0.754 e. The van der Waals surface area contributed by atoms with Crippen molar-refractivity contribution < 1.29 is 9.47 Å². The predicted molar refractivity (Wildman–Crippen MR) is 96.9 cm³/mol. The summed E-state index contributed by atoms with van der Waals surface area (Å²) in [6.07, 6.45) is 6.40. The monoisotopic (exact) mass is 322 g/mol. The Bertz CT molecular complexity index is 732. The molecule has 0 N–H and O–H groups in total. The Morgan fingerprint density at radius 3 is 2.17 bits per heavy atom. The van der Waals surface area contributed by atoms with Crippen molar-refractivity contribution in [3.63, 3.8) is 0 Å². The highest BCUT2D eigenvalue weighted by molar-refractivity contribution is 5.68. The Labute approximate surface area is 142 Å². The Morgan fingerprint density at radius 2 is 1.58 bits per heavy atom. The maximum absolute atomic E-state index is 12.5. The standard InChI is InChI=1S/C20H20NO3/c1-23-19-12-8-16(9-13-19)15-6-10-17(11-7-15)21(22)18-4-3-5-20(14-18)24-2/h3-4,6-14,20H,5H2,1-2H3/q-1. The highest BCUT2D eigenvalue weighted by Gasteiger charge is 2.10. The van der Waals surface area contributed by atoms with Crippen LogP contribution in [0, 0.1) is 5.21 Å². The van der Waals surface area contributed by atoms with E-state index in [2.05, 4.69) is 0 Å². The molecule has 2 aromatic rings. The van der Waals surface area contributed by atoms with Crippen LogP contribution in [0.5, 0.6) is 5.75 Å². The minimum atomic E-state index is -0.0416. The van der Waals surface area contributed by atoms with Crippen LogP contribution in [-0.2, 0) is 4.74 Å². The van der Waals surface area contributed by atoms with Crippen molar-refractivity contribution in [2.45, 2.75) is 12.5 Å². The van der Waals surface area contributed by atoms with E-state index in [-0.39, 0.29) is 6.10 Å². The SMILES string of the molecule is COc1ccc(-c2ccc(N([O-])C3=CC(OC)CC=C3)cc2)cc1. The first-order valence-corrected chi connectivity index (χ1v) is 7.84. The molecule has 4 nitrogen and oxygen atoms in total. The van der Waals surface area contributed by atoms with Gasteiger partial charge in [0, 0.05) is 18.5 Å². The maximum Gasteiger partial charge on any atom is 0.118 e. The molecule has 0 saturated carbocycles. The minimum absolute atomic E-state index is 0.0416. The molecule has 1 aliphatic carbocycles. The number of hydrogen-bond donors (Lipinski definition) is 0. The summed E-state index contributed by atoms with van der Waals surface area (Å²) in [6.45, 7) is 0. The lowest BCUT2D eigenvalue weighted by atomic mass is 10.0. The van der Waals surface area contributed by atoms with Crippen LogP contribution in [0.15, 0.2) is 72.5 Å². The van der Waals surface area contributed by atoms with Crippen molar-refractivity contribution >= 4 is 5.69 Å². The van der Waals surface area contributed by atoms with E-state index in [9.17, 15) is 5.21 Å². The third kappa shape index (κ3) is 3.50. The number of hydroxylamine groups is 1. The van der Waals surface area contributed by atoms with Gasteiger partial charge in [-0.2, -0.15) is 0 Å². The van der Waals surface area contributed by atoms with Gasteiger partial charge in [-0.05, 0) is 54.0 Å². The molecule has 0 radical (unpaired) electrons. The molecule has 0 amide bonds. The van der Waals surface area contributed by atoms with E-state index in [0.717, 1.165) is 28.4 Å². The number of anilines is 1. The Kier molecular flexibility index (Phi) is 4.99.